The highest BCUT2D eigenvalue weighted by atomic mass is 35.5. The van der Waals surface area contributed by atoms with Gasteiger partial charge in [0.1, 0.15) is 5.02 Å². The van der Waals surface area contributed by atoms with Crippen molar-refractivity contribution in [1.82, 2.24) is 9.78 Å². The molecule has 1 aromatic heterocycles. The van der Waals surface area contributed by atoms with Gasteiger partial charge in [-0.05, 0) is 18.2 Å². The Morgan fingerprint density at radius 1 is 1.44 bits per heavy atom. The van der Waals surface area contributed by atoms with Gasteiger partial charge in [-0.2, -0.15) is 5.10 Å². The van der Waals surface area contributed by atoms with Crippen molar-refractivity contribution in [3.63, 3.8) is 0 Å². The minimum Gasteiger partial charge on any atom is -0.476 e. The average molecular weight is 268 g/mol. The molecule has 0 aliphatic carbocycles. The van der Waals surface area contributed by atoms with Gasteiger partial charge in [0.25, 0.3) is 5.69 Å². The third kappa shape index (κ3) is 2.16. The van der Waals surface area contributed by atoms with Crippen molar-refractivity contribution >= 4 is 23.3 Å². The van der Waals surface area contributed by atoms with Gasteiger partial charge in [-0.3, -0.25) is 10.1 Å². The number of nitro groups is 1. The highest BCUT2D eigenvalue weighted by molar-refractivity contribution is 6.32. The van der Waals surface area contributed by atoms with Crippen molar-refractivity contribution in [3.8, 4) is 5.69 Å². The lowest BCUT2D eigenvalue weighted by molar-refractivity contribution is -0.384. The lowest BCUT2D eigenvalue weighted by Gasteiger charge is -2.02. The average Bonchev–Trinajstić information content (AvgIpc) is 2.77. The Bertz CT molecular complexity index is 638. The van der Waals surface area contributed by atoms with Crippen molar-refractivity contribution in [2.75, 3.05) is 0 Å². The number of carboxylic acids is 1. The van der Waals surface area contributed by atoms with Crippen molar-refractivity contribution in [3.05, 3.63) is 51.3 Å². The highest BCUT2D eigenvalue weighted by Gasteiger charge is 2.14. The molecule has 0 saturated carbocycles. The molecule has 1 aromatic carbocycles. The molecule has 1 N–H and O–H groups in total. The number of hydrogen-bond donors (Lipinski definition) is 1. The van der Waals surface area contributed by atoms with Crippen LogP contribution in [0.15, 0.2) is 30.5 Å². The van der Waals surface area contributed by atoms with Crippen LogP contribution in [0.25, 0.3) is 5.69 Å². The molecule has 1 heterocycles. The Kier molecular flexibility index (Phi) is 2.99. The number of carbonyl (C=O) groups is 1. The minimum atomic E-state index is -1.15. The van der Waals surface area contributed by atoms with E-state index >= 15 is 0 Å². The van der Waals surface area contributed by atoms with Gasteiger partial charge in [-0.25, -0.2) is 9.48 Å². The van der Waals surface area contributed by atoms with Gasteiger partial charge in [-0.15, -0.1) is 0 Å². The maximum atomic E-state index is 10.7. The molecule has 0 aliphatic rings. The van der Waals surface area contributed by atoms with Crippen LogP contribution in [0.3, 0.4) is 0 Å². The fraction of sp³-hybridized carbons (Fsp3) is 0. The second kappa shape index (κ2) is 4.46. The largest absolute Gasteiger partial charge is 0.476 e. The number of rotatable bonds is 3. The van der Waals surface area contributed by atoms with E-state index in [4.69, 9.17) is 16.7 Å². The molecule has 2 aromatic rings. The molecular weight excluding hydrogens is 262 g/mol. The zero-order chi connectivity index (χ0) is 13.3. The SMILES string of the molecule is O=C(O)c1ccn(-c2ccc([N+](=O)[O-])c(Cl)c2)n1. The molecular formula is C10H6ClN3O4. The highest BCUT2D eigenvalue weighted by Crippen LogP contribution is 2.26. The van der Waals surface area contributed by atoms with Crippen LogP contribution in [0.5, 0.6) is 0 Å². The molecule has 92 valence electrons. The second-order valence-electron chi connectivity index (χ2n) is 3.34. The number of benzene rings is 1. The van der Waals surface area contributed by atoms with Crippen LogP contribution in [0.2, 0.25) is 5.02 Å². The topological polar surface area (TPSA) is 98.3 Å². The third-order valence-corrected chi connectivity index (χ3v) is 2.50. The monoisotopic (exact) mass is 267 g/mol. The van der Waals surface area contributed by atoms with E-state index in [2.05, 4.69) is 5.10 Å². The molecule has 2 rings (SSSR count). The lowest BCUT2D eigenvalue weighted by atomic mass is 10.3. The van der Waals surface area contributed by atoms with Crippen LogP contribution in [0.4, 0.5) is 5.69 Å². The zero-order valence-corrected chi connectivity index (χ0v) is 9.53. The van der Waals surface area contributed by atoms with Crippen molar-refractivity contribution in [2.24, 2.45) is 0 Å². The first kappa shape index (κ1) is 12.1. The van der Waals surface area contributed by atoms with Gasteiger partial charge in [0.2, 0.25) is 0 Å². The summed E-state index contributed by atoms with van der Waals surface area (Å²) in [5.74, 6) is -1.15. The Morgan fingerprint density at radius 3 is 2.67 bits per heavy atom. The summed E-state index contributed by atoms with van der Waals surface area (Å²) in [5.41, 5.74) is 0.105. The predicted octanol–water partition coefficient (Wildman–Crippen LogP) is 2.13. The number of halogens is 1. The first-order valence-electron chi connectivity index (χ1n) is 4.72. The fourth-order valence-electron chi connectivity index (χ4n) is 1.37. The van der Waals surface area contributed by atoms with Crippen molar-refractivity contribution in [2.45, 2.75) is 0 Å². The summed E-state index contributed by atoms with van der Waals surface area (Å²) in [6.45, 7) is 0. The number of nitrogens with zero attached hydrogens (tertiary/aromatic N) is 3. The number of carboxylic acid groups (broad SMARTS) is 1. The van der Waals surface area contributed by atoms with Gasteiger partial charge in [0.15, 0.2) is 5.69 Å². The Morgan fingerprint density at radius 2 is 2.17 bits per heavy atom. The molecule has 0 spiro atoms. The zero-order valence-electron chi connectivity index (χ0n) is 8.78. The molecule has 0 atom stereocenters. The molecule has 0 aliphatic heterocycles. The van der Waals surface area contributed by atoms with Crippen molar-refractivity contribution < 1.29 is 14.8 Å². The van der Waals surface area contributed by atoms with Gasteiger partial charge in [0, 0.05) is 12.3 Å². The maximum absolute atomic E-state index is 10.7. The summed E-state index contributed by atoms with van der Waals surface area (Å²) in [5, 5.41) is 23.1. The number of hydrogen-bond acceptors (Lipinski definition) is 4. The Hall–Kier alpha value is -2.41. The van der Waals surface area contributed by atoms with Crippen LogP contribution in [0, 0.1) is 10.1 Å². The van der Waals surface area contributed by atoms with E-state index in [0.717, 1.165) is 0 Å². The van der Waals surface area contributed by atoms with E-state index in [1.54, 1.807) is 0 Å². The van der Waals surface area contributed by atoms with Crippen LogP contribution in [-0.2, 0) is 0 Å². The smallest absolute Gasteiger partial charge is 0.356 e. The normalized spacial score (nSPS) is 10.3. The van der Waals surface area contributed by atoms with Crippen LogP contribution < -0.4 is 0 Å². The van der Waals surface area contributed by atoms with E-state index < -0.39 is 10.9 Å². The van der Waals surface area contributed by atoms with Crippen LogP contribution >= 0.6 is 11.6 Å². The van der Waals surface area contributed by atoms with Gasteiger partial charge < -0.3 is 5.11 Å². The fourth-order valence-corrected chi connectivity index (χ4v) is 1.61. The molecule has 0 radical (unpaired) electrons. The molecule has 18 heavy (non-hydrogen) atoms. The van der Waals surface area contributed by atoms with Crippen LogP contribution in [-0.4, -0.2) is 25.8 Å². The predicted molar refractivity (Wildman–Crippen MR) is 62.2 cm³/mol. The van der Waals surface area contributed by atoms with E-state index in [-0.39, 0.29) is 16.4 Å². The summed E-state index contributed by atoms with van der Waals surface area (Å²) in [6, 6.07) is 5.33. The molecule has 0 saturated heterocycles. The minimum absolute atomic E-state index is 0.0372. The molecule has 8 heteroatoms. The number of aromatic carboxylic acids is 1. The van der Waals surface area contributed by atoms with Crippen molar-refractivity contribution in [1.29, 1.82) is 0 Å². The Balaban J connectivity index is 2.42. The van der Waals surface area contributed by atoms with Gasteiger partial charge in [0.05, 0.1) is 10.6 Å². The van der Waals surface area contributed by atoms with Crippen LogP contribution in [0.1, 0.15) is 10.5 Å². The first-order valence-corrected chi connectivity index (χ1v) is 5.10. The molecule has 0 bridgehead atoms. The summed E-state index contributed by atoms with van der Waals surface area (Å²) in [4.78, 5) is 20.6. The second-order valence-corrected chi connectivity index (χ2v) is 3.75. The standard InChI is InChI=1S/C10H6ClN3O4/c11-7-5-6(1-2-9(7)14(17)18)13-4-3-8(12-13)10(15)16/h1-5H,(H,15,16). The summed E-state index contributed by atoms with van der Waals surface area (Å²) >= 11 is 5.74. The van der Waals surface area contributed by atoms with E-state index in [1.165, 1.54) is 35.1 Å². The van der Waals surface area contributed by atoms with Gasteiger partial charge >= 0.3 is 5.97 Å². The lowest BCUT2D eigenvalue weighted by Crippen LogP contribution is -2.01. The molecule has 0 fully saturated rings. The summed E-state index contributed by atoms with van der Waals surface area (Å²) in [7, 11) is 0. The van der Waals surface area contributed by atoms with Gasteiger partial charge in [-0.1, -0.05) is 11.6 Å². The van der Waals surface area contributed by atoms with E-state index in [9.17, 15) is 14.9 Å². The van der Waals surface area contributed by atoms with E-state index in [1.807, 2.05) is 0 Å². The molecule has 0 amide bonds. The summed E-state index contributed by atoms with van der Waals surface area (Å²) < 4.78 is 1.28. The number of nitro benzene ring substituents is 1. The molecule has 0 unspecified atom stereocenters. The van der Waals surface area contributed by atoms with E-state index in [0.29, 0.717) is 5.69 Å². The maximum Gasteiger partial charge on any atom is 0.356 e. The summed E-state index contributed by atoms with van der Waals surface area (Å²) in [6.07, 6.45) is 1.43. The third-order valence-electron chi connectivity index (χ3n) is 2.20. The quantitative estimate of drug-likeness (QED) is 0.678. The Labute approximate surface area is 105 Å². The number of aromatic nitrogens is 2. The molecule has 7 nitrogen and oxygen atoms in total. The first-order chi connectivity index (χ1) is 8.49.